The first kappa shape index (κ1) is 18.6. The average molecular weight is 386 g/mol. The van der Waals surface area contributed by atoms with Crippen LogP contribution in [0.15, 0.2) is 60.7 Å². The Labute approximate surface area is 164 Å². The highest BCUT2D eigenvalue weighted by atomic mass is 35.5. The van der Waals surface area contributed by atoms with Gasteiger partial charge in [0.2, 0.25) is 0 Å². The van der Waals surface area contributed by atoms with Gasteiger partial charge in [0, 0.05) is 12.2 Å². The maximum atomic E-state index is 6.40. The summed E-state index contributed by atoms with van der Waals surface area (Å²) in [4.78, 5) is 0. The van der Waals surface area contributed by atoms with Gasteiger partial charge in [-0.2, -0.15) is 0 Å². The third-order valence-corrected chi connectivity index (χ3v) is 4.93. The Bertz CT molecular complexity index is 871. The van der Waals surface area contributed by atoms with Gasteiger partial charge in [-0.05, 0) is 54.3 Å². The van der Waals surface area contributed by atoms with Crippen molar-refractivity contribution in [3.63, 3.8) is 0 Å². The number of nitrogens with one attached hydrogen (secondary N) is 1. The standard InChI is InChI=1S/C22H21Cl2NO/c1-15-7-6-10-21(16(15)2)25-13-18-11-19(23)22(20(24)12-18)26-14-17-8-4-3-5-9-17/h3-12,25H,13-14H2,1-2H3. The number of aryl methyl sites for hydroxylation is 1. The minimum Gasteiger partial charge on any atom is -0.486 e. The van der Waals surface area contributed by atoms with Gasteiger partial charge in [-0.15, -0.1) is 0 Å². The lowest BCUT2D eigenvalue weighted by atomic mass is 10.1. The van der Waals surface area contributed by atoms with E-state index in [-0.39, 0.29) is 0 Å². The van der Waals surface area contributed by atoms with Gasteiger partial charge in [-0.25, -0.2) is 0 Å². The van der Waals surface area contributed by atoms with E-state index in [0.717, 1.165) is 16.8 Å². The van der Waals surface area contributed by atoms with Gasteiger partial charge in [0.15, 0.2) is 5.75 Å². The molecule has 0 amide bonds. The molecular formula is C22H21Cl2NO. The maximum Gasteiger partial charge on any atom is 0.156 e. The SMILES string of the molecule is Cc1cccc(NCc2cc(Cl)c(OCc3ccccc3)c(Cl)c2)c1C. The molecule has 0 radical (unpaired) electrons. The lowest BCUT2D eigenvalue weighted by molar-refractivity contribution is 0.306. The van der Waals surface area contributed by atoms with E-state index in [0.29, 0.717) is 28.9 Å². The Morgan fingerprint density at radius 2 is 1.54 bits per heavy atom. The van der Waals surface area contributed by atoms with Crippen molar-refractivity contribution < 1.29 is 4.74 Å². The zero-order valence-electron chi connectivity index (χ0n) is 14.9. The van der Waals surface area contributed by atoms with Crippen LogP contribution in [0.5, 0.6) is 5.75 Å². The highest BCUT2D eigenvalue weighted by Gasteiger charge is 2.11. The molecule has 134 valence electrons. The molecule has 0 spiro atoms. The van der Waals surface area contributed by atoms with E-state index in [1.165, 1.54) is 11.1 Å². The first-order valence-corrected chi connectivity index (χ1v) is 9.25. The summed E-state index contributed by atoms with van der Waals surface area (Å²) < 4.78 is 5.82. The van der Waals surface area contributed by atoms with Gasteiger partial charge in [0.25, 0.3) is 0 Å². The normalized spacial score (nSPS) is 10.6. The first-order valence-electron chi connectivity index (χ1n) is 8.49. The molecule has 2 nitrogen and oxygen atoms in total. The molecule has 0 aliphatic carbocycles. The van der Waals surface area contributed by atoms with E-state index in [2.05, 4.69) is 31.3 Å². The third kappa shape index (κ3) is 4.51. The molecule has 0 bridgehead atoms. The minimum atomic E-state index is 0.431. The molecule has 3 rings (SSSR count). The molecule has 26 heavy (non-hydrogen) atoms. The first-order chi connectivity index (χ1) is 12.5. The molecule has 3 aromatic carbocycles. The smallest absolute Gasteiger partial charge is 0.156 e. The molecule has 0 aromatic heterocycles. The minimum absolute atomic E-state index is 0.431. The Morgan fingerprint density at radius 1 is 0.846 bits per heavy atom. The zero-order chi connectivity index (χ0) is 18.5. The summed E-state index contributed by atoms with van der Waals surface area (Å²) in [5.41, 5.74) is 5.69. The van der Waals surface area contributed by atoms with Crippen molar-refractivity contribution in [2.75, 3.05) is 5.32 Å². The second kappa shape index (κ2) is 8.48. The lowest BCUT2D eigenvalue weighted by Gasteiger charge is -2.14. The number of hydrogen-bond donors (Lipinski definition) is 1. The van der Waals surface area contributed by atoms with Crippen LogP contribution in [0.1, 0.15) is 22.3 Å². The molecule has 0 aliphatic rings. The fourth-order valence-electron chi connectivity index (χ4n) is 2.72. The van der Waals surface area contributed by atoms with Crippen LogP contribution < -0.4 is 10.1 Å². The average Bonchev–Trinajstić information content (AvgIpc) is 2.63. The Hall–Kier alpha value is -2.16. The molecule has 0 atom stereocenters. The van der Waals surface area contributed by atoms with Gasteiger partial charge in [-0.3, -0.25) is 0 Å². The van der Waals surface area contributed by atoms with Crippen molar-refractivity contribution in [2.45, 2.75) is 27.0 Å². The molecule has 0 fully saturated rings. The summed E-state index contributed by atoms with van der Waals surface area (Å²) in [6.45, 7) is 5.29. The van der Waals surface area contributed by atoms with E-state index < -0.39 is 0 Å². The van der Waals surface area contributed by atoms with Crippen LogP contribution in [-0.4, -0.2) is 0 Å². The summed E-state index contributed by atoms with van der Waals surface area (Å²) in [6, 6.07) is 19.9. The fourth-order valence-corrected chi connectivity index (χ4v) is 3.36. The van der Waals surface area contributed by atoms with Crippen LogP contribution >= 0.6 is 23.2 Å². The van der Waals surface area contributed by atoms with E-state index in [4.69, 9.17) is 27.9 Å². The zero-order valence-corrected chi connectivity index (χ0v) is 16.4. The molecular weight excluding hydrogens is 365 g/mol. The molecule has 1 N–H and O–H groups in total. The van der Waals surface area contributed by atoms with Gasteiger partial charge < -0.3 is 10.1 Å². The predicted molar refractivity (Wildman–Crippen MR) is 110 cm³/mol. The van der Waals surface area contributed by atoms with Crippen LogP contribution in [0.2, 0.25) is 10.0 Å². The molecule has 0 saturated carbocycles. The molecule has 0 unspecified atom stereocenters. The monoisotopic (exact) mass is 385 g/mol. The number of hydrogen-bond acceptors (Lipinski definition) is 2. The Morgan fingerprint density at radius 3 is 2.23 bits per heavy atom. The van der Waals surface area contributed by atoms with E-state index >= 15 is 0 Å². The number of ether oxygens (including phenoxy) is 1. The fraction of sp³-hybridized carbons (Fsp3) is 0.182. The number of halogens is 2. The quantitative estimate of drug-likeness (QED) is 0.503. The molecule has 0 heterocycles. The molecule has 0 aliphatic heterocycles. The topological polar surface area (TPSA) is 21.3 Å². The molecule has 0 saturated heterocycles. The van der Waals surface area contributed by atoms with Crippen LogP contribution in [0.4, 0.5) is 5.69 Å². The molecule has 3 aromatic rings. The predicted octanol–water partition coefficient (Wildman–Crippen LogP) is 6.80. The number of benzene rings is 3. The maximum absolute atomic E-state index is 6.40. The van der Waals surface area contributed by atoms with Gasteiger partial charge in [0.05, 0.1) is 10.0 Å². The van der Waals surface area contributed by atoms with Crippen molar-refractivity contribution >= 4 is 28.9 Å². The van der Waals surface area contributed by atoms with Crippen LogP contribution in [0, 0.1) is 13.8 Å². The van der Waals surface area contributed by atoms with E-state index in [9.17, 15) is 0 Å². The van der Waals surface area contributed by atoms with Crippen LogP contribution in [-0.2, 0) is 13.2 Å². The summed E-state index contributed by atoms with van der Waals surface area (Å²) in [6.07, 6.45) is 0. The summed E-state index contributed by atoms with van der Waals surface area (Å²) in [5, 5.41) is 4.48. The highest BCUT2D eigenvalue weighted by molar-refractivity contribution is 6.37. The summed E-state index contributed by atoms with van der Waals surface area (Å²) in [7, 11) is 0. The van der Waals surface area contributed by atoms with Crippen molar-refractivity contribution in [3.8, 4) is 5.75 Å². The summed E-state index contributed by atoms with van der Waals surface area (Å²) >= 11 is 12.8. The lowest BCUT2D eigenvalue weighted by Crippen LogP contribution is -2.03. The van der Waals surface area contributed by atoms with Gasteiger partial charge >= 0.3 is 0 Å². The highest BCUT2D eigenvalue weighted by Crippen LogP contribution is 2.35. The third-order valence-electron chi connectivity index (χ3n) is 4.37. The van der Waals surface area contributed by atoms with Crippen molar-refractivity contribution in [1.29, 1.82) is 0 Å². The van der Waals surface area contributed by atoms with Crippen molar-refractivity contribution in [3.05, 3.63) is 93.0 Å². The van der Waals surface area contributed by atoms with Gasteiger partial charge in [0.1, 0.15) is 6.61 Å². The second-order valence-electron chi connectivity index (χ2n) is 6.26. The molecule has 4 heteroatoms. The van der Waals surface area contributed by atoms with Gasteiger partial charge in [-0.1, -0.05) is 65.7 Å². The van der Waals surface area contributed by atoms with Crippen molar-refractivity contribution in [2.24, 2.45) is 0 Å². The van der Waals surface area contributed by atoms with E-state index in [1.54, 1.807) is 0 Å². The van der Waals surface area contributed by atoms with Crippen LogP contribution in [0.3, 0.4) is 0 Å². The van der Waals surface area contributed by atoms with Crippen molar-refractivity contribution in [1.82, 2.24) is 0 Å². The second-order valence-corrected chi connectivity index (χ2v) is 7.08. The Kier molecular flexibility index (Phi) is 6.08. The largest absolute Gasteiger partial charge is 0.486 e. The number of rotatable bonds is 6. The van der Waals surface area contributed by atoms with E-state index in [1.807, 2.05) is 48.5 Å². The summed E-state index contributed by atoms with van der Waals surface area (Å²) in [5.74, 6) is 0.521. The Balaban J connectivity index is 1.69. The van der Waals surface area contributed by atoms with Crippen LogP contribution in [0.25, 0.3) is 0 Å². The number of anilines is 1.